The summed E-state index contributed by atoms with van der Waals surface area (Å²) in [7, 11) is 0. The molecule has 0 spiro atoms. The van der Waals surface area contributed by atoms with Gasteiger partial charge in [0.1, 0.15) is 12.2 Å². The minimum absolute atomic E-state index is 0.0953. The van der Waals surface area contributed by atoms with Crippen molar-refractivity contribution in [3.05, 3.63) is 0 Å². The Bertz CT molecular complexity index is 576. The summed E-state index contributed by atoms with van der Waals surface area (Å²) >= 11 is 0. The van der Waals surface area contributed by atoms with E-state index in [2.05, 4.69) is 27.7 Å². The van der Waals surface area contributed by atoms with E-state index in [0.717, 1.165) is 78.5 Å². The van der Waals surface area contributed by atoms with E-state index in [1.807, 2.05) is 0 Å². The maximum Gasteiger partial charge on any atom is 0.109 e. The van der Waals surface area contributed by atoms with Crippen LogP contribution in [0.4, 0.5) is 0 Å². The lowest BCUT2D eigenvalue weighted by atomic mass is 9.84. The van der Waals surface area contributed by atoms with Crippen molar-refractivity contribution >= 4 is 0 Å². The zero-order chi connectivity index (χ0) is 25.5. The summed E-state index contributed by atoms with van der Waals surface area (Å²) < 4.78 is 47.9. The molecule has 2 atom stereocenters. The van der Waals surface area contributed by atoms with Crippen LogP contribution in [0.1, 0.15) is 53.4 Å². The van der Waals surface area contributed by atoms with Gasteiger partial charge >= 0.3 is 0 Å². The summed E-state index contributed by atoms with van der Waals surface area (Å²) in [5, 5.41) is 0. The first-order valence-corrected chi connectivity index (χ1v) is 14.1. The summed E-state index contributed by atoms with van der Waals surface area (Å²) in [5.41, 5.74) is 0.463. The van der Waals surface area contributed by atoms with Crippen LogP contribution in [-0.4, -0.2) is 105 Å². The zero-order valence-corrected chi connectivity index (χ0v) is 23.1. The molecule has 0 aromatic carbocycles. The normalized spacial score (nSPS) is 26.7. The Morgan fingerprint density at radius 1 is 0.472 bits per heavy atom. The van der Waals surface area contributed by atoms with Crippen LogP contribution in [0.2, 0.25) is 0 Å². The third kappa shape index (κ3) is 6.63. The van der Waals surface area contributed by atoms with Crippen molar-refractivity contribution in [2.24, 2.45) is 21.7 Å². The van der Waals surface area contributed by atoms with E-state index >= 15 is 0 Å². The summed E-state index contributed by atoms with van der Waals surface area (Å²) in [4.78, 5) is 0. The molecule has 0 aromatic heterocycles. The van der Waals surface area contributed by atoms with Crippen LogP contribution in [0, 0.1) is 21.7 Å². The first kappa shape index (κ1) is 28.7. The molecule has 4 aliphatic heterocycles. The minimum atomic E-state index is -0.214. The molecule has 0 amide bonds. The average molecular weight is 515 g/mol. The fourth-order valence-electron chi connectivity index (χ4n) is 5.00. The van der Waals surface area contributed by atoms with Gasteiger partial charge in [0.15, 0.2) is 0 Å². The highest BCUT2D eigenvalue weighted by atomic mass is 16.6. The van der Waals surface area contributed by atoms with Gasteiger partial charge in [0.2, 0.25) is 0 Å². The van der Waals surface area contributed by atoms with Crippen molar-refractivity contribution < 1.29 is 37.9 Å². The van der Waals surface area contributed by atoms with Crippen LogP contribution in [0.5, 0.6) is 0 Å². The molecule has 36 heavy (non-hydrogen) atoms. The van der Waals surface area contributed by atoms with E-state index in [4.69, 9.17) is 37.9 Å². The van der Waals surface area contributed by atoms with Crippen molar-refractivity contribution in [2.45, 2.75) is 65.6 Å². The van der Waals surface area contributed by atoms with Crippen LogP contribution >= 0.6 is 0 Å². The molecule has 8 nitrogen and oxygen atoms in total. The van der Waals surface area contributed by atoms with Gasteiger partial charge in [-0.1, -0.05) is 27.7 Å². The Labute approximate surface area is 217 Å². The summed E-state index contributed by atoms with van der Waals surface area (Å²) in [6, 6.07) is 0. The van der Waals surface area contributed by atoms with Crippen molar-refractivity contribution in [3.63, 3.8) is 0 Å². The highest BCUT2D eigenvalue weighted by Gasteiger charge is 2.43. The van der Waals surface area contributed by atoms with Gasteiger partial charge < -0.3 is 37.9 Å². The number of hydrogen-bond acceptors (Lipinski definition) is 8. The molecule has 4 fully saturated rings. The van der Waals surface area contributed by atoms with E-state index in [9.17, 15) is 0 Å². The molecule has 4 aliphatic rings. The molecule has 0 saturated carbocycles. The summed E-state index contributed by atoms with van der Waals surface area (Å²) in [6.45, 7) is 18.6. The van der Waals surface area contributed by atoms with Crippen LogP contribution in [0.15, 0.2) is 0 Å². The van der Waals surface area contributed by atoms with Gasteiger partial charge in [0.25, 0.3) is 0 Å². The van der Waals surface area contributed by atoms with Gasteiger partial charge in [0.05, 0.1) is 92.5 Å². The fourth-order valence-corrected chi connectivity index (χ4v) is 5.00. The highest BCUT2D eigenvalue weighted by Crippen LogP contribution is 2.36. The second-order valence-corrected chi connectivity index (χ2v) is 12.1. The lowest BCUT2D eigenvalue weighted by Gasteiger charge is -2.44. The molecule has 4 heterocycles. The Kier molecular flexibility index (Phi) is 10.1. The van der Waals surface area contributed by atoms with Gasteiger partial charge in [-0.05, 0) is 25.7 Å². The van der Waals surface area contributed by atoms with Crippen molar-refractivity contribution in [1.29, 1.82) is 0 Å². The van der Waals surface area contributed by atoms with Gasteiger partial charge in [-0.25, -0.2) is 0 Å². The smallest absolute Gasteiger partial charge is 0.109 e. The number of hydrogen-bond donors (Lipinski definition) is 0. The SMILES string of the molecule is CCC1(COC[C@H](OCC2(CC)COC2)[C@@H](COCC2(CC)COC2)OCC2(CC)COC2)COC1. The van der Waals surface area contributed by atoms with E-state index in [1.54, 1.807) is 0 Å². The van der Waals surface area contributed by atoms with E-state index in [0.29, 0.717) is 39.6 Å². The van der Waals surface area contributed by atoms with Crippen molar-refractivity contribution in [3.8, 4) is 0 Å². The first-order valence-electron chi connectivity index (χ1n) is 14.1. The van der Waals surface area contributed by atoms with E-state index in [1.165, 1.54) is 0 Å². The van der Waals surface area contributed by atoms with Gasteiger partial charge in [0, 0.05) is 21.7 Å². The molecule has 4 rings (SSSR count). The quantitative estimate of drug-likeness (QED) is 0.259. The van der Waals surface area contributed by atoms with Crippen LogP contribution in [-0.2, 0) is 37.9 Å². The van der Waals surface area contributed by atoms with Crippen molar-refractivity contribution in [1.82, 2.24) is 0 Å². The molecule has 8 heteroatoms. The second kappa shape index (κ2) is 12.7. The minimum Gasteiger partial charge on any atom is -0.380 e. The van der Waals surface area contributed by atoms with E-state index < -0.39 is 0 Å². The lowest BCUT2D eigenvalue weighted by Crippen LogP contribution is -2.52. The fraction of sp³-hybridized carbons (Fsp3) is 1.00. The van der Waals surface area contributed by atoms with Crippen LogP contribution in [0.25, 0.3) is 0 Å². The molecule has 0 radical (unpaired) electrons. The van der Waals surface area contributed by atoms with Crippen molar-refractivity contribution in [2.75, 3.05) is 92.5 Å². The molecule has 0 bridgehead atoms. The lowest BCUT2D eigenvalue weighted by molar-refractivity contribution is -0.220. The number of ether oxygens (including phenoxy) is 8. The largest absolute Gasteiger partial charge is 0.380 e. The predicted octanol–water partition coefficient (Wildman–Crippen LogP) is 3.50. The maximum absolute atomic E-state index is 6.61. The molecule has 0 N–H and O–H groups in total. The standard InChI is InChI=1S/C28H50O8/c1-5-25(13-31-14-25)11-29-9-23(35-21-27(7-3)17-33-18-27)24(36-22-28(8-4)19-34-20-28)10-30-12-26(6-2)15-32-16-26/h23-24H,5-22H2,1-4H3/t23-,24+. The molecule has 0 aromatic rings. The Morgan fingerprint density at radius 2 is 0.750 bits per heavy atom. The van der Waals surface area contributed by atoms with E-state index in [-0.39, 0.29) is 33.9 Å². The third-order valence-corrected chi connectivity index (χ3v) is 9.27. The molecular weight excluding hydrogens is 464 g/mol. The Balaban J connectivity index is 1.39. The molecule has 0 aliphatic carbocycles. The summed E-state index contributed by atoms with van der Waals surface area (Å²) in [5.74, 6) is 0. The summed E-state index contributed by atoms with van der Waals surface area (Å²) in [6.07, 6.45) is 3.75. The van der Waals surface area contributed by atoms with Crippen LogP contribution < -0.4 is 0 Å². The highest BCUT2D eigenvalue weighted by molar-refractivity contribution is 4.89. The number of rotatable bonds is 19. The molecule has 0 unspecified atom stereocenters. The predicted molar refractivity (Wildman–Crippen MR) is 135 cm³/mol. The zero-order valence-electron chi connectivity index (χ0n) is 23.1. The van der Waals surface area contributed by atoms with Gasteiger partial charge in [-0.15, -0.1) is 0 Å². The Hall–Kier alpha value is -0.320. The maximum atomic E-state index is 6.61. The molecule has 210 valence electrons. The van der Waals surface area contributed by atoms with Gasteiger partial charge in [-0.3, -0.25) is 0 Å². The van der Waals surface area contributed by atoms with Gasteiger partial charge in [-0.2, -0.15) is 0 Å². The Morgan fingerprint density at radius 3 is 0.972 bits per heavy atom. The second-order valence-electron chi connectivity index (χ2n) is 12.1. The topological polar surface area (TPSA) is 73.8 Å². The third-order valence-electron chi connectivity index (χ3n) is 9.27. The van der Waals surface area contributed by atoms with Crippen LogP contribution in [0.3, 0.4) is 0 Å². The molecule has 4 saturated heterocycles. The monoisotopic (exact) mass is 514 g/mol. The average Bonchev–Trinajstić information content (AvgIpc) is 2.79. The first-order chi connectivity index (χ1) is 17.5. The molecular formula is C28H50O8.